The van der Waals surface area contributed by atoms with Gasteiger partial charge in [-0.1, -0.05) is 18.2 Å². The molecule has 0 bridgehead atoms. The molecule has 12 heteroatoms. The Labute approximate surface area is 216 Å². The van der Waals surface area contributed by atoms with Gasteiger partial charge in [0.15, 0.2) is 5.60 Å². The van der Waals surface area contributed by atoms with Crippen molar-refractivity contribution in [2.24, 2.45) is 0 Å². The zero-order valence-corrected chi connectivity index (χ0v) is 21.5. The quantitative estimate of drug-likeness (QED) is 0.384. The van der Waals surface area contributed by atoms with Crippen molar-refractivity contribution in [3.05, 3.63) is 77.9 Å². The number of fused-ring (bicyclic) bond motifs is 1. The van der Waals surface area contributed by atoms with Crippen LogP contribution in [0.1, 0.15) is 12.5 Å². The molecule has 0 saturated carbocycles. The molecule has 5 rings (SSSR count). The van der Waals surface area contributed by atoms with Gasteiger partial charge in [-0.25, -0.2) is 13.4 Å². The van der Waals surface area contributed by atoms with E-state index in [0.29, 0.717) is 18.8 Å². The number of aliphatic hydroxyl groups is 1. The summed E-state index contributed by atoms with van der Waals surface area (Å²) in [6.45, 7) is 1.90. The van der Waals surface area contributed by atoms with Crippen molar-refractivity contribution in [2.75, 3.05) is 24.5 Å². The van der Waals surface area contributed by atoms with E-state index in [2.05, 4.69) is 4.98 Å². The highest BCUT2D eigenvalue weighted by molar-refractivity contribution is 7.91. The minimum atomic E-state index is -4.82. The van der Waals surface area contributed by atoms with E-state index >= 15 is 0 Å². The molecule has 4 heterocycles. The van der Waals surface area contributed by atoms with Crippen molar-refractivity contribution in [2.45, 2.75) is 35.5 Å². The number of piperazine rings is 1. The van der Waals surface area contributed by atoms with Crippen LogP contribution in [-0.4, -0.2) is 59.2 Å². The standard InChI is InChI=1S/C25H25F3N4O3S2/c1-24(33,25(26,27)28)19-6-8-20(9-7-19)32-14-13-31(37(34,35)22-5-3-15-36-22)17-21(32)16-30-12-10-18-4-2-11-29-23(18)30/h2-12,15,21,33H,13-14,16-17H2,1H3/t21-,24+/m0/s1. The molecule has 0 aliphatic carbocycles. The minimum Gasteiger partial charge on any atom is -0.376 e. The largest absolute Gasteiger partial charge is 0.421 e. The summed E-state index contributed by atoms with van der Waals surface area (Å²) in [5, 5.41) is 12.7. The van der Waals surface area contributed by atoms with Crippen LogP contribution in [0, 0.1) is 0 Å². The number of hydrogen-bond donors (Lipinski definition) is 1. The molecule has 1 aliphatic heterocycles. The first kappa shape index (κ1) is 25.7. The number of rotatable bonds is 6. The number of pyridine rings is 1. The fourth-order valence-electron chi connectivity index (χ4n) is 4.61. The molecule has 1 fully saturated rings. The average molecular weight is 551 g/mol. The smallest absolute Gasteiger partial charge is 0.376 e. The Kier molecular flexibility index (Phi) is 6.55. The van der Waals surface area contributed by atoms with Crippen LogP contribution in [0.4, 0.5) is 18.9 Å². The molecule has 196 valence electrons. The summed E-state index contributed by atoms with van der Waals surface area (Å²) >= 11 is 1.16. The lowest BCUT2D eigenvalue weighted by Crippen LogP contribution is -2.56. The maximum atomic E-state index is 13.3. The van der Waals surface area contributed by atoms with E-state index in [9.17, 15) is 26.7 Å². The Hall–Kier alpha value is -2.93. The Morgan fingerprint density at radius 3 is 2.51 bits per heavy atom. The lowest BCUT2D eigenvalue weighted by molar-refractivity contribution is -0.258. The minimum absolute atomic E-state index is 0.189. The third-order valence-electron chi connectivity index (χ3n) is 6.78. The number of hydrogen-bond acceptors (Lipinski definition) is 6. The summed E-state index contributed by atoms with van der Waals surface area (Å²) in [5.41, 5.74) is -1.84. The summed E-state index contributed by atoms with van der Waals surface area (Å²) < 4.78 is 70.2. The van der Waals surface area contributed by atoms with Crippen molar-refractivity contribution in [3.63, 3.8) is 0 Å². The first-order chi connectivity index (χ1) is 17.5. The first-order valence-electron chi connectivity index (χ1n) is 11.6. The van der Waals surface area contributed by atoms with Crippen molar-refractivity contribution in [3.8, 4) is 0 Å². The van der Waals surface area contributed by atoms with Crippen LogP contribution < -0.4 is 4.90 Å². The van der Waals surface area contributed by atoms with Crippen molar-refractivity contribution < 1.29 is 26.7 Å². The summed E-state index contributed by atoms with van der Waals surface area (Å²) in [7, 11) is -3.68. The predicted molar refractivity (Wildman–Crippen MR) is 136 cm³/mol. The van der Waals surface area contributed by atoms with Gasteiger partial charge in [-0.2, -0.15) is 17.5 Å². The molecule has 1 aliphatic rings. The van der Waals surface area contributed by atoms with E-state index < -0.39 is 21.8 Å². The van der Waals surface area contributed by atoms with Gasteiger partial charge in [0.2, 0.25) is 0 Å². The molecular weight excluding hydrogens is 525 g/mol. The zero-order chi connectivity index (χ0) is 26.4. The van der Waals surface area contributed by atoms with Crippen LogP contribution in [0.3, 0.4) is 0 Å². The van der Waals surface area contributed by atoms with E-state index in [1.165, 1.54) is 28.6 Å². The second-order valence-corrected chi connectivity index (χ2v) is 12.3. The van der Waals surface area contributed by atoms with Crippen LogP contribution >= 0.6 is 11.3 Å². The summed E-state index contributed by atoms with van der Waals surface area (Å²) in [6, 6.07) is 14.3. The predicted octanol–water partition coefficient (Wildman–Crippen LogP) is 4.45. The van der Waals surface area contributed by atoms with Gasteiger partial charge < -0.3 is 14.6 Å². The van der Waals surface area contributed by atoms with Crippen molar-refractivity contribution in [1.82, 2.24) is 13.9 Å². The Morgan fingerprint density at radius 2 is 1.84 bits per heavy atom. The molecule has 4 aromatic rings. The molecule has 1 N–H and O–H groups in total. The van der Waals surface area contributed by atoms with E-state index in [0.717, 1.165) is 29.3 Å². The highest BCUT2D eigenvalue weighted by Gasteiger charge is 2.51. The monoisotopic (exact) mass is 550 g/mol. The molecular formula is C25H25F3N4O3S2. The SMILES string of the molecule is C[C@@](O)(c1ccc(N2CCN(S(=O)(=O)c3cccs3)C[C@@H]2Cn2ccc3cccnc32)cc1)C(F)(F)F. The van der Waals surface area contributed by atoms with Crippen molar-refractivity contribution >= 4 is 38.1 Å². The third kappa shape index (κ3) is 4.74. The van der Waals surface area contributed by atoms with Gasteiger partial charge in [0.25, 0.3) is 10.0 Å². The normalized spacial score (nSPS) is 19.3. The summed E-state index contributed by atoms with van der Waals surface area (Å²) in [4.78, 5) is 6.46. The Bertz CT molecular complexity index is 1480. The molecule has 3 aromatic heterocycles. The first-order valence-corrected chi connectivity index (χ1v) is 13.9. The average Bonchev–Trinajstić information content (AvgIpc) is 3.55. The van der Waals surface area contributed by atoms with Gasteiger partial charge in [0.05, 0.1) is 6.04 Å². The fraction of sp³-hybridized carbons (Fsp3) is 0.320. The Morgan fingerprint density at radius 1 is 1.08 bits per heavy atom. The number of benzene rings is 1. The van der Waals surface area contributed by atoms with Gasteiger partial charge in [-0.15, -0.1) is 11.3 Å². The summed E-state index contributed by atoms with van der Waals surface area (Å²) in [5.74, 6) is 0. The molecule has 2 atom stereocenters. The number of sulfonamides is 1. The summed E-state index contributed by atoms with van der Waals surface area (Å²) in [6.07, 6.45) is -1.23. The van der Waals surface area contributed by atoms with Gasteiger partial charge in [0, 0.05) is 49.6 Å². The molecule has 0 amide bonds. The molecule has 7 nitrogen and oxygen atoms in total. The lowest BCUT2D eigenvalue weighted by Gasteiger charge is -2.42. The van der Waals surface area contributed by atoms with Gasteiger partial charge in [-0.05, 0) is 54.3 Å². The van der Waals surface area contributed by atoms with E-state index in [1.54, 1.807) is 23.7 Å². The number of thiophene rings is 1. The highest BCUT2D eigenvalue weighted by atomic mass is 32.2. The molecule has 0 spiro atoms. The number of anilines is 1. The highest BCUT2D eigenvalue weighted by Crippen LogP contribution is 2.39. The van der Waals surface area contributed by atoms with Gasteiger partial charge in [-0.3, -0.25) is 0 Å². The van der Waals surface area contributed by atoms with E-state index in [1.807, 2.05) is 33.9 Å². The second-order valence-electron chi connectivity index (χ2n) is 9.14. The fourth-order valence-corrected chi connectivity index (χ4v) is 7.23. The van der Waals surface area contributed by atoms with Crippen LogP contribution in [0.2, 0.25) is 0 Å². The van der Waals surface area contributed by atoms with E-state index in [-0.39, 0.29) is 28.9 Å². The zero-order valence-electron chi connectivity index (χ0n) is 19.8. The van der Waals surface area contributed by atoms with Gasteiger partial charge >= 0.3 is 6.18 Å². The Balaban J connectivity index is 1.47. The van der Waals surface area contributed by atoms with Crippen LogP contribution in [-0.2, 0) is 22.2 Å². The molecule has 0 unspecified atom stereocenters. The molecule has 0 radical (unpaired) electrons. The van der Waals surface area contributed by atoms with Crippen molar-refractivity contribution in [1.29, 1.82) is 0 Å². The number of alkyl halides is 3. The molecule has 37 heavy (non-hydrogen) atoms. The second kappa shape index (κ2) is 9.43. The number of nitrogens with zero attached hydrogens (tertiary/aromatic N) is 4. The van der Waals surface area contributed by atoms with Gasteiger partial charge in [0.1, 0.15) is 9.86 Å². The van der Waals surface area contributed by atoms with Crippen LogP contribution in [0.5, 0.6) is 0 Å². The lowest BCUT2D eigenvalue weighted by atomic mass is 9.95. The number of aromatic nitrogens is 2. The number of halogens is 3. The third-order valence-corrected chi connectivity index (χ3v) is 10.0. The van der Waals surface area contributed by atoms with Crippen LogP contribution in [0.15, 0.2) is 76.6 Å². The maximum Gasteiger partial charge on any atom is 0.421 e. The van der Waals surface area contributed by atoms with E-state index in [4.69, 9.17) is 0 Å². The van der Waals surface area contributed by atoms with Crippen LogP contribution in [0.25, 0.3) is 11.0 Å². The maximum absolute atomic E-state index is 13.3. The molecule has 1 aromatic carbocycles. The molecule has 1 saturated heterocycles. The topological polar surface area (TPSA) is 78.7 Å².